The minimum atomic E-state index is -3.47. The number of ether oxygens (including phenoxy) is 1. The molecule has 0 radical (unpaired) electrons. The molecule has 1 heterocycles. The Morgan fingerprint density at radius 1 is 1.41 bits per heavy atom. The van der Waals surface area contributed by atoms with E-state index >= 15 is 0 Å². The Morgan fingerprint density at radius 3 is 2.71 bits per heavy atom. The maximum atomic E-state index is 11.9. The Kier molecular flexibility index (Phi) is 3.66. The quantitative estimate of drug-likeness (QED) is 0.797. The highest BCUT2D eigenvalue weighted by molar-refractivity contribution is 7.89. The molecular weight excluding hydrogens is 240 g/mol. The van der Waals surface area contributed by atoms with Gasteiger partial charge in [-0.15, -0.1) is 0 Å². The van der Waals surface area contributed by atoms with Gasteiger partial charge >= 0.3 is 0 Å². The molecule has 0 saturated carbocycles. The lowest BCUT2D eigenvalue weighted by atomic mass is 10.2. The van der Waals surface area contributed by atoms with Crippen molar-refractivity contribution in [3.63, 3.8) is 0 Å². The highest BCUT2D eigenvalue weighted by Gasteiger charge is 2.23. The van der Waals surface area contributed by atoms with Gasteiger partial charge in [0.1, 0.15) is 16.7 Å². The van der Waals surface area contributed by atoms with Crippen molar-refractivity contribution in [2.45, 2.75) is 17.9 Å². The molecule has 1 aromatic rings. The number of hydrogen-bond acceptors (Lipinski definition) is 4. The van der Waals surface area contributed by atoms with Gasteiger partial charge in [0, 0.05) is 19.6 Å². The average Bonchev–Trinajstić information content (AvgIpc) is 2.24. The zero-order valence-corrected chi connectivity index (χ0v) is 10.5. The second-order valence-electron chi connectivity index (χ2n) is 3.85. The summed E-state index contributed by atoms with van der Waals surface area (Å²) >= 11 is 0. The first-order valence-corrected chi connectivity index (χ1v) is 7.08. The molecule has 6 heteroatoms. The SMILES string of the molecule is CCNS(=O)(=O)c1ccccc1OC1CNC1. The van der Waals surface area contributed by atoms with E-state index in [0.29, 0.717) is 12.3 Å². The molecule has 17 heavy (non-hydrogen) atoms. The molecule has 0 aromatic heterocycles. The van der Waals surface area contributed by atoms with Crippen LogP contribution >= 0.6 is 0 Å². The summed E-state index contributed by atoms with van der Waals surface area (Å²) < 4.78 is 32.0. The van der Waals surface area contributed by atoms with E-state index < -0.39 is 10.0 Å². The number of benzene rings is 1. The van der Waals surface area contributed by atoms with Crippen molar-refractivity contribution < 1.29 is 13.2 Å². The molecule has 1 aliphatic rings. The van der Waals surface area contributed by atoms with Crippen LogP contribution in [0.25, 0.3) is 0 Å². The third-order valence-electron chi connectivity index (χ3n) is 2.51. The van der Waals surface area contributed by atoms with Gasteiger partial charge in [0.25, 0.3) is 0 Å². The lowest BCUT2D eigenvalue weighted by Gasteiger charge is -2.28. The molecule has 0 bridgehead atoms. The van der Waals surface area contributed by atoms with Crippen molar-refractivity contribution in [3.05, 3.63) is 24.3 Å². The summed E-state index contributed by atoms with van der Waals surface area (Å²) in [7, 11) is -3.47. The minimum Gasteiger partial charge on any atom is -0.486 e. The van der Waals surface area contributed by atoms with Crippen LogP contribution in [0.1, 0.15) is 6.92 Å². The summed E-state index contributed by atoms with van der Waals surface area (Å²) in [4.78, 5) is 0.203. The molecule has 1 aromatic carbocycles. The third-order valence-corrected chi connectivity index (χ3v) is 4.10. The first-order chi connectivity index (χ1) is 8.13. The average molecular weight is 256 g/mol. The Balaban J connectivity index is 2.26. The standard InChI is InChI=1S/C11H16N2O3S/c1-2-13-17(14,15)11-6-4-3-5-10(11)16-9-7-12-8-9/h3-6,9,12-13H,2,7-8H2,1H3. The predicted molar refractivity (Wildman–Crippen MR) is 64.6 cm³/mol. The van der Waals surface area contributed by atoms with Crippen LogP contribution in [0.15, 0.2) is 29.2 Å². The number of hydrogen-bond donors (Lipinski definition) is 2. The van der Waals surface area contributed by atoms with Gasteiger partial charge in [-0.3, -0.25) is 0 Å². The van der Waals surface area contributed by atoms with Gasteiger partial charge in [0.2, 0.25) is 10.0 Å². The van der Waals surface area contributed by atoms with Crippen molar-refractivity contribution in [2.75, 3.05) is 19.6 Å². The van der Waals surface area contributed by atoms with Gasteiger partial charge in [0.15, 0.2) is 0 Å². The topological polar surface area (TPSA) is 67.4 Å². The van der Waals surface area contributed by atoms with Crippen LogP contribution in [0.3, 0.4) is 0 Å². The molecule has 0 amide bonds. The second-order valence-corrected chi connectivity index (χ2v) is 5.58. The first-order valence-electron chi connectivity index (χ1n) is 5.59. The van der Waals surface area contributed by atoms with Crippen LogP contribution < -0.4 is 14.8 Å². The molecule has 1 fully saturated rings. The molecular formula is C11H16N2O3S. The third kappa shape index (κ3) is 2.77. The highest BCUT2D eigenvalue weighted by atomic mass is 32.2. The van der Waals surface area contributed by atoms with Gasteiger partial charge in [-0.2, -0.15) is 0 Å². The van der Waals surface area contributed by atoms with E-state index in [1.807, 2.05) is 0 Å². The normalized spacial score (nSPS) is 16.5. The van der Waals surface area contributed by atoms with E-state index in [2.05, 4.69) is 10.0 Å². The smallest absolute Gasteiger partial charge is 0.244 e. The van der Waals surface area contributed by atoms with Crippen LogP contribution in [0, 0.1) is 0 Å². The molecule has 0 atom stereocenters. The van der Waals surface area contributed by atoms with E-state index in [0.717, 1.165) is 13.1 Å². The van der Waals surface area contributed by atoms with Crippen molar-refractivity contribution >= 4 is 10.0 Å². The maximum Gasteiger partial charge on any atom is 0.244 e. The summed E-state index contributed by atoms with van der Waals surface area (Å²) in [5.41, 5.74) is 0. The van der Waals surface area contributed by atoms with E-state index in [-0.39, 0.29) is 11.0 Å². The van der Waals surface area contributed by atoms with Gasteiger partial charge in [-0.05, 0) is 12.1 Å². The van der Waals surface area contributed by atoms with Crippen LogP contribution in [-0.2, 0) is 10.0 Å². The summed E-state index contributed by atoms with van der Waals surface area (Å²) in [6, 6.07) is 6.70. The van der Waals surface area contributed by atoms with Gasteiger partial charge in [-0.1, -0.05) is 19.1 Å². The summed E-state index contributed by atoms with van der Waals surface area (Å²) in [5, 5.41) is 3.07. The fourth-order valence-corrected chi connectivity index (χ4v) is 2.74. The molecule has 94 valence electrons. The molecule has 5 nitrogen and oxygen atoms in total. The van der Waals surface area contributed by atoms with Crippen LogP contribution in [0.2, 0.25) is 0 Å². The van der Waals surface area contributed by atoms with Crippen molar-refractivity contribution in [1.82, 2.24) is 10.0 Å². The largest absolute Gasteiger partial charge is 0.486 e. The fraction of sp³-hybridized carbons (Fsp3) is 0.455. The predicted octanol–water partition coefficient (Wildman–Crippen LogP) is 0.335. The van der Waals surface area contributed by atoms with Crippen molar-refractivity contribution in [2.24, 2.45) is 0 Å². The van der Waals surface area contributed by atoms with Crippen molar-refractivity contribution in [3.8, 4) is 5.75 Å². The lowest BCUT2D eigenvalue weighted by Crippen LogP contribution is -2.50. The highest BCUT2D eigenvalue weighted by Crippen LogP contribution is 2.24. The molecule has 0 spiro atoms. The Labute approximate surface area is 101 Å². The monoisotopic (exact) mass is 256 g/mol. The maximum absolute atomic E-state index is 11.9. The number of nitrogens with one attached hydrogen (secondary N) is 2. The molecule has 1 saturated heterocycles. The van der Waals surface area contributed by atoms with E-state index in [1.54, 1.807) is 31.2 Å². The van der Waals surface area contributed by atoms with E-state index in [4.69, 9.17) is 4.74 Å². The molecule has 1 aliphatic heterocycles. The van der Waals surface area contributed by atoms with E-state index in [9.17, 15) is 8.42 Å². The van der Waals surface area contributed by atoms with Crippen LogP contribution in [-0.4, -0.2) is 34.2 Å². The molecule has 0 aliphatic carbocycles. The summed E-state index contributed by atoms with van der Waals surface area (Å²) in [6.45, 7) is 3.63. The van der Waals surface area contributed by atoms with E-state index in [1.165, 1.54) is 0 Å². The summed E-state index contributed by atoms with van der Waals surface area (Å²) in [6.07, 6.45) is 0.0629. The number of rotatable bonds is 5. The first kappa shape index (κ1) is 12.3. The minimum absolute atomic E-state index is 0.0629. The molecule has 2 rings (SSSR count). The second kappa shape index (κ2) is 5.03. The van der Waals surface area contributed by atoms with Gasteiger partial charge < -0.3 is 10.1 Å². The van der Waals surface area contributed by atoms with Crippen LogP contribution in [0.4, 0.5) is 0 Å². The van der Waals surface area contributed by atoms with Crippen molar-refractivity contribution in [1.29, 1.82) is 0 Å². The molecule has 2 N–H and O–H groups in total. The zero-order chi connectivity index (χ0) is 12.3. The summed E-state index contributed by atoms with van der Waals surface area (Å²) in [5.74, 6) is 0.417. The Hall–Kier alpha value is -1.11. The number of para-hydroxylation sites is 1. The Morgan fingerprint density at radius 2 is 2.12 bits per heavy atom. The molecule has 0 unspecified atom stereocenters. The lowest BCUT2D eigenvalue weighted by molar-refractivity contribution is 0.138. The Bertz CT molecular complexity index is 483. The zero-order valence-electron chi connectivity index (χ0n) is 9.64. The fourth-order valence-electron chi connectivity index (χ4n) is 1.56. The van der Waals surface area contributed by atoms with Gasteiger partial charge in [-0.25, -0.2) is 13.1 Å². The number of sulfonamides is 1. The van der Waals surface area contributed by atoms with Crippen LogP contribution in [0.5, 0.6) is 5.75 Å². The van der Waals surface area contributed by atoms with Gasteiger partial charge in [0.05, 0.1) is 0 Å².